The van der Waals surface area contributed by atoms with Crippen LogP contribution in [0.4, 0.5) is 4.79 Å². The van der Waals surface area contributed by atoms with E-state index in [4.69, 9.17) is 0 Å². The third-order valence-corrected chi connectivity index (χ3v) is 5.30. The number of fused-ring (bicyclic) bond motifs is 3. The summed E-state index contributed by atoms with van der Waals surface area (Å²) in [6.45, 7) is 3.92. The summed E-state index contributed by atoms with van der Waals surface area (Å²) in [4.78, 5) is 25.6. The maximum absolute atomic E-state index is 12.8. The molecule has 1 unspecified atom stereocenters. The van der Waals surface area contributed by atoms with Crippen molar-refractivity contribution < 1.29 is 4.79 Å². The van der Waals surface area contributed by atoms with Crippen LogP contribution >= 0.6 is 0 Å². The molecule has 128 valence electrons. The summed E-state index contributed by atoms with van der Waals surface area (Å²) in [6, 6.07) is 8.34. The number of para-hydroxylation sites is 2. The Balaban J connectivity index is 1.67. The third kappa shape index (κ3) is 2.45. The molecule has 2 fully saturated rings. The monoisotopic (exact) mass is 328 g/mol. The Morgan fingerprint density at radius 3 is 2.42 bits per heavy atom. The molecule has 0 saturated carbocycles. The topological polar surface area (TPSA) is 68.1 Å². The standard InChI is InChI=1S/C18H24N4O2/c1-11(2)21-15-5-3-4-6-16(15)22(18(21)24)17(23)20-14-9-12-7-8-13(10-14)19-12/h3-6,11-14,19H,7-10H2,1-2H3,(H,20,23)/t12-,13+,14?. The molecule has 24 heavy (non-hydrogen) atoms. The second kappa shape index (κ2) is 5.77. The second-order valence-corrected chi connectivity index (χ2v) is 7.33. The quantitative estimate of drug-likeness (QED) is 0.888. The molecule has 3 atom stereocenters. The molecule has 1 amide bonds. The number of carbonyl (C=O) groups excluding carboxylic acids is 1. The number of nitrogens with zero attached hydrogens (tertiary/aromatic N) is 2. The zero-order chi connectivity index (χ0) is 16.8. The van der Waals surface area contributed by atoms with E-state index in [1.165, 1.54) is 17.4 Å². The van der Waals surface area contributed by atoms with Crippen LogP contribution < -0.4 is 16.3 Å². The number of hydrogen-bond acceptors (Lipinski definition) is 3. The van der Waals surface area contributed by atoms with Gasteiger partial charge in [0, 0.05) is 24.2 Å². The molecule has 0 aliphatic carbocycles. The molecular formula is C18H24N4O2. The van der Waals surface area contributed by atoms with Gasteiger partial charge in [0.25, 0.3) is 0 Å². The van der Waals surface area contributed by atoms with E-state index < -0.39 is 0 Å². The Kier molecular flexibility index (Phi) is 3.72. The molecule has 1 aromatic carbocycles. The highest BCUT2D eigenvalue weighted by molar-refractivity contribution is 5.89. The molecule has 0 radical (unpaired) electrons. The van der Waals surface area contributed by atoms with Crippen molar-refractivity contribution in [3.8, 4) is 0 Å². The molecule has 6 heteroatoms. The molecule has 2 aliphatic rings. The maximum atomic E-state index is 12.8. The molecule has 1 aromatic heterocycles. The summed E-state index contributed by atoms with van der Waals surface area (Å²) < 4.78 is 2.97. The van der Waals surface area contributed by atoms with E-state index in [-0.39, 0.29) is 23.8 Å². The smallest absolute Gasteiger partial charge is 0.334 e. The number of hydrogen-bond donors (Lipinski definition) is 2. The number of amides is 1. The van der Waals surface area contributed by atoms with Crippen molar-refractivity contribution in [3.05, 3.63) is 34.7 Å². The van der Waals surface area contributed by atoms with Gasteiger partial charge < -0.3 is 10.6 Å². The number of carbonyl (C=O) groups is 1. The second-order valence-electron chi connectivity index (χ2n) is 7.33. The van der Waals surface area contributed by atoms with E-state index >= 15 is 0 Å². The predicted molar refractivity (Wildman–Crippen MR) is 93.5 cm³/mol. The summed E-state index contributed by atoms with van der Waals surface area (Å²) in [5.41, 5.74) is 1.21. The van der Waals surface area contributed by atoms with Crippen LogP contribution in [0.25, 0.3) is 11.0 Å². The van der Waals surface area contributed by atoms with Crippen LogP contribution in [0.3, 0.4) is 0 Å². The minimum atomic E-state index is -0.304. The molecule has 2 aliphatic heterocycles. The highest BCUT2D eigenvalue weighted by atomic mass is 16.2. The first-order valence-corrected chi connectivity index (χ1v) is 8.83. The lowest BCUT2D eigenvalue weighted by atomic mass is 10.0. The van der Waals surface area contributed by atoms with Gasteiger partial charge in [0.1, 0.15) is 0 Å². The van der Waals surface area contributed by atoms with Crippen molar-refractivity contribution in [1.82, 2.24) is 19.8 Å². The van der Waals surface area contributed by atoms with Crippen molar-refractivity contribution >= 4 is 17.1 Å². The van der Waals surface area contributed by atoms with Gasteiger partial charge in [-0.2, -0.15) is 0 Å². The van der Waals surface area contributed by atoms with E-state index in [0.29, 0.717) is 17.6 Å². The van der Waals surface area contributed by atoms with Crippen LogP contribution in [0.15, 0.2) is 29.1 Å². The van der Waals surface area contributed by atoms with Gasteiger partial charge in [0.15, 0.2) is 0 Å². The van der Waals surface area contributed by atoms with E-state index in [1.54, 1.807) is 4.57 Å². The van der Waals surface area contributed by atoms with Gasteiger partial charge >= 0.3 is 11.7 Å². The van der Waals surface area contributed by atoms with Crippen molar-refractivity contribution in [3.63, 3.8) is 0 Å². The largest absolute Gasteiger partial charge is 0.337 e. The summed E-state index contributed by atoms with van der Waals surface area (Å²) in [5, 5.41) is 6.66. The van der Waals surface area contributed by atoms with E-state index in [2.05, 4.69) is 10.6 Å². The fourth-order valence-electron chi connectivity index (χ4n) is 4.28. The number of piperidine rings is 1. The SMILES string of the molecule is CC(C)n1c(=O)n(C(=O)NC2C[C@H]3CC[C@@H](C2)N3)c2ccccc21. The molecule has 6 nitrogen and oxygen atoms in total. The van der Waals surface area contributed by atoms with E-state index in [1.807, 2.05) is 38.1 Å². The van der Waals surface area contributed by atoms with Crippen molar-refractivity contribution in [1.29, 1.82) is 0 Å². The lowest BCUT2D eigenvalue weighted by Crippen LogP contribution is -2.50. The van der Waals surface area contributed by atoms with Crippen LogP contribution in [-0.4, -0.2) is 33.3 Å². The predicted octanol–water partition coefficient (Wildman–Crippen LogP) is 2.22. The zero-order valence-electron chi connectivity index (χ0n) is 14.2. The summed E-state index contributed by atoms with van der Waals surface area (Å²) in [7, 11) is 0. The summed E-state index contributed by atoms with van der Waals surface area (Å²) >= 11 is 0. The Hall–Kier alpha value is -2.08. The van der Waals surface area contributed by atoms with Gasteiger partial charge in [-0.3, -0.25) is 4.57 Å². The first kappa shape index (κ1) is 15.4. The van der Waals surface area contributed by atoms with E-state index in [9.17, 15) is 9.59 Å². The molecule has 4 rings (SSSR count). The van der Waals surface area contributed by atoms with Crippen molar-refractivity contribution in [2.75, 3.05) is 0 Å². The minimum absolute atomic E-state index is 0.00572. The number of nitrogens with one attached hydrogen (secondary N) is 2. The van der Waals surface area contributed by atoms with Crippen molar-refractivity contribution in [2.24, 2.45) is 0 Å². The number of benzene rings is 1. The Bertz CT molecular complexity index is 823. The molecule has 2 bridgehead atoms. The highest BCUT2D eigenvalue weighted by Gasteiger charge is 2.34. The van der Waals surface area contributed by atoms with Crippen LogP contribution in [0.1, 0.15) is 45.6 Å². The number of rotatable bonds is 2. The molecule has 0 spiro atoms. The Morgan fingerprint density at radius 2 is 1.79 bits per heavy atom. The number of aromatic nitrogens is 2. The van der Waals surface area contributed by atoms with Crippen molar-refractivity contribution in [2.45, 2.75) is 63.7 Å². The zero-order valence-corrected chi connectivity index (χ0v) is 14.2. The fourth-order valence-corrected chi connectivity index (χ4v) is 4.28. The van der Waals surface area contributed by atoms with Crippen LogP contribution in [0, 0.1) is 0 Å². The lowest BCUT2D eigenvalue weighted by Gasteiger charge is -2.29. The van der Waals surface area contributed by atoms with E-state index in [0.717, 1.165) is 18.4 Å². The summed E-state index contributed by atoms with van der Waals surface area (Å²) in [5.74, 6) is 0. The highest BCUT2D eigenvalue weighted by Crippen LogP contribution is 2.27. The average molecular weight is 328 g/mol. The molecule has 2 aromatic rings. The molecule has 2 N–H and O–H groups in total. The Labute approximate surface area is 140 Å². The molecule has 2 saturated heterocycles. The van der Waals surface area contributed by atoms with Gasteiger partial charge in [-0.25, -0.2) is 14.2 Å². The van der Waals surface area contributed by atoms with Gasteiger partial charge in [0.05, 0.1) is 11.0 Å². The lowest BCUT2D eigenvalue weighted by molar-refractivity contribution is 0.230. The molecular weight excluding hydrogens is 304 g/mol. The summed E-state index contributed by atoms with van der Waals surface area (Å²) in [6.07, 6.45) is 4.26. The first-order chi connectivity index (χ1) is 11.5. The van der Waals surface area contributed by atoms with Gasteiger partial charge in [-0.15, -0.1) is 0 Å². The first-order valence-electron chi connectivity index (χ1n) is 8.83. The maximum Gasteiger partial charge on any atom is 0.337 e. The third-order valence-electron chi connectivity index (χ3n) is 5.30. The van der Waals surface area contributed by atoms with Crippen LogP contribution in [0.2, 0.25) is 0 Å². The molecule has 3 heterocycles. The minimum Gasteiger partial charge on any atom is -0.334 e. The number of imidazole rings is 1. The van der Waals surface area contributed by atoms with Gasteiger partial charge in [-0.05, 0) is 51.7 Å². The average Bonchev–Trinajstić information content (AvgIpc) is 3.03. The van der Waals surface area contributed by atoms with Gasteiger partial charge in [0.2, 0.25) is 0 Å². The normalized spacial score (nSPS) is 26.2. The fraction of sp³-hybridized carbons (Fsp3) is 0.556. The van der Waals surface area contributed by atoms with Crippen LogP contribution in [-0.2, 0) is 0 Å². The van der Waals surface area contributed by atoms with Crippen LogP contribution in [0.5, 0.6) is 0 Å². The Morgan fingerprint density at radius 1 is 1.17 bits per heavy atom. The van der Waals surface area contributed by atoms with Gasteiger partial charge in [-0.1, -0.05) is 12.1 Å².